The molecule has 0 saturated heterocycles. The van der Waals surface area contributed by atoms with Gasteiger partial charge >= 0.3 is 12.1 Å². The van der Waals surface area contributed by atoms with Gasteiger partial charge in [-0.25, -0.2) is 4.79 Å². The lowest BCUT2D eigenvalue weighted by molar-refractivity contribution is -0.132. The Hall–Kier alpha value is -1.21. The second-order valence-electron chi connectivity index (χ2n) is 4.53. The molecule has 1 aliphatic heterocycles. The van der Waals surface area contributed by atoms with Crippen molar-refractivity contribution in [2.75, 3.05) is 12.3 Å². The van der Waals surface area contributed by atoms with E-state index < -0.39 is 29.5 Å². The van der Waals surface area contributed by atoms with Crippen LogP contribution in [0.3, 0.4) is 0 Å². The van der Waals surface area contributed by atoms with Gasteiger partial charge in [0.1, 0.15) is 0 Å². The van der Waals surface area contributed by atoms with Crippen molar-refractivity contribution in [3.63, 3.8) is 0 Å². The van der Waals surface area contributed by atoms with Crippen LogP contribution in [0.25, 0.3) is 0 Å². The smallest absolute Gasteiger partial charge is 0.389 e. The van der Waals surface area contributed by atoms with Gasteiger partial charge in [0.15, 0.2) is 0 Å². The first-order valence-electron chi connectivity index (χ1n) is 6.18. The van der Waals surface area contributed by atoms with Crippen LogP contribution in [0.15, 0.2) is 28.1 Å². The number of nitrogens with zero attached hydrogens (tertiary/aromatic N) is 1. The summed E-state index contributed by atoms with van der Waals surface area (Å²) in [5, 5.41) is 9.59. The van der Waals surface area contributed by atoms with E-state index in [1.54, 1.807) is 6.07 Å². The van der Waals surface area contributed by atoms with Gasteiger partial charge in [-0.15, -0.1) is 0 Å². The van der Waals surface area contributed by atoms with E-state index in [2.05, 4.69) is 4.99 Å². The molecule has 116 valence electrons. The molecule has 0 aliphatic carbocycles. The molecule has 1 N–H and O–H groups in total. The van der Waals surface area contributed by atoms with Crippen molar-refractivity contribution in [2.45, 2.75) is 23.9 Å². The number of rotatable bonds is 4. The summed E-state index contributed by atoms with van der Waals surface area (Å²) >= 11 is 5.91. The zero-order valence-electron chi connectivity index (χ0n) is 10.8. The summed E-state index contributed by atoms with van der Waals surface area (Å²) in [7, 11) is -0.932. The van der Waals surface area contributed by atoms with E-state index in [0.29, 0.717) is 17.3 Å². The van der Waals surface area contributed by atoms with Gasteiger partial charge in [0.2, 0.25) is 0 Å². The lowest BCUT2D eigenvalue weighted by Gasteiger charge is -2.19. The van der Waals surface area contributed by atoms with Crippen molar-refractivity contribution in [2.24, 2.45) is 4.99 Å². The Bertz CT molecular complexity index is 589. The highest BCUT2D eigenvalue weighted by molar-refractivity contribution is 8.30. The Morgan fingerprint density at radius 2 is 2.14 bits per heavy atom. The summed E-state index contributed by atoms with van der Waals surface area (Å²) in [6.45, 7) is 0.511. The summed E-state index contributed by atoms with van der Waals surface area (Å²) < 4.78 is 36.9. The summed E-state index contributed by atoms with van der Waals surface area (Å²) in [5.41, 5.74) is -0.0107. The van der Waals surface area contributed by atoms with Crippen molar-refractivity contribution in [3.05, 3.63) is 28.8 Å². The molecule has 2 rings (SSSR count). The van der Waals surface area contributed by atoms with E-state index in [-0.39, 0.29) is 17.0 Å². The second kappa shape index (κ2) is 6.27. The van der Waals surface area contributed by atoms with Crippen molar-refractivity contribution in [3.8, 4) is 0 Å². The minimum absolute atomic E-state index is 0.0107. The molecule has 1 atom stereocenters. The number of aromatic carboxylic acids is 1. The molecule has 1 heterocycles. The maximum Gasteiger partial charge on any atom is 0.389 e. The Morgan fingerprint density at radius 3 is 2.71 bits per heavy atom. The van der Waals surface area contributed by atoms with E-state index >= 15 is 0 Å². The Balaban J connectivity index is 2.16. The van der Waals surface area contributed by atoms with Gasteiger partial charge in [0.25, 0.3) is 0 Å². The van der Waals surface area contributed by atoms with Gasteiger partial charge in [-0.05, 0) is 23.1 Å². The van der Waals surface area contributed by atoms with E-state index in [0.717, 1.165) is 4.90 Å². The highest BCUT2D eigenvalue weighted by atomic mass is 35.5. The maximum atomic E-state index is 12.3. The summed E-state index contributed by atoms with van der Waals surface area (Å²) in [4.78, 5) is 15.8. The van der Waals surface area contributed by atoms with Crippen molar-refractivity contribution in [1.29, 1.82) is 0 Å². The summed E-state index contributed by atoms with van der Waals surface area (Å²) in [5.74, 6) is -0.442. The van der Waals surface area contributed by atoms with E-state index in [9.17, 15) is 18.0 Å². The third-order valence-electron chi connectivity index (χ3n) is 3.06. The van der Waals surface area contributed by atoms with Crippen LogP contribution in [-0.4, -0.2) is 34.6 Å². The van der Waals surface area contributed by atoms with Gasteiger partial charge < -0.3 is 5.11 Å². The molecule has 8 heteroatoms. The predicted octanol–water partition coefficient (Wildman–Crippen LogP) is 4.15. The number of halogens is 4. The lowest BCUT2D eigenvalue weighted by Crippen LogP contribution is -2.10. The molecule has 1 aromatic rings. The predicted molar refractivity (Wildman–Crippen MR) is 78.1 cm³/mol. The first-order chi connectivity index (χ1) is 9.78. The minimum Gasteiger partial charge on any atom is -0.478 e. The zero-order valence-corrected chi connectivity index (χ0v) is 12.5. The summed E-state index contributed by atoms with van der Waals surface area (Å²) in [6.07, 6.45) is -5.18. The first kappa shape index (κ1) is 16.2. The Morgan fingerprint density at radius 1 is 1.43 bits per heavy atom. The fourth-order valence-electron chi connectivity index (χ4n) is 2.08. The normalized spacial score (nSPS) is 20.4. The molecule has 0 radical (unpaired) electrons. The van der Waals surface area contributed by atoms with Crippen molar-refractivity contribution in [1.82, 2.24) is 0 Å². The minimum atomic E-state index is -4.20. The third-order valence-corrected chi connectivity index (χ3v) is 5.91. The quantitative estimate of drug-likeness (QED) is 0.809. The molecular formula is C13H13ClF3NO2S. The van der Waals surface area contributed by atoms with Crippen LogP contribution in [0.1, 0.15) is 23.2 Å². The molecular weight excluding hydrogens is 327 g/mol. The van der Waals surface area contributed by atoms with Crippen LogP contribution >= 0.6 is 22.5 Å². The van der Waals surface area contributed by atoms with Crippen molar-refractivity contribution >= 4 is 33.5 Å². The molecule has 0 amide bonds. The number of benzene rings is 1. The lowest BCUT2D eigenvalue weighted by atomic mass is 10.2. The average Bonchev–Trinajstić information content (AvgIpc) is 2.83. The largest absolute Gasteiger partial charge is 0.478 e. The van der Waals surface area contributed by atoms with Crippen LogP contribution in [-0.2, 0) is 0 Å². The molecule has 0 aromatic heterocycles. The van der Waals surface area contributed by atoms with Crippen LogP contribution < -0.4 is 0 Å². The maximum absolute atomic E-state index is 12.3. The van der Waals surface area contributed by atoms with Crippen LogP contribution in [0.4, 0.5) is 13.2 Å². The van der Waals surface area contributed by atoms with Crippen LogP contribution in [0.2, 0.25) is 5.02 Å². The first-order valence-corrected chi connectivity index (χ1v) is 8.09. The summed E-state index contributed by atoms with van der Waals surface area (Å²) in [6, 6.07) is 4.54. The monoisotopic (exact) mass is 339 g/mol. The second-order valence-corrected chi connectivity index (χ2v) is 7.28. The molecule has 0 spiro atoms. The number of hydrogen-bond donors (Lipinski definition) is 2. The fourth-order valence-corrected chi connectivity index (χ4v) is 4.73. The number of carbonyl (C=O) groups is 1. The van der Waals surface area contributed by atoms with Gasteiger partial charge in [-0.3, -0.25) is 4.99 Å². The average molecular weight is 340 g/mol. The molecule has 0 fully saturated rings. The van der Waals surface area contributed by atoms with E-state index in [1.807, 2.05) is 0 Å². The number of thiol groups is 1. The Kier molecular flexibility index (Phi) is 4.83. The number of carboxylic acid groups (broad SMARTS) is 1. The number of carboxylic acids is 1. The standard InChI is InChI=1S/C13H13ClF3NO2S/c14-10-7-8(1-2-9(10)12(19)20)21-6-5-18-11(21)3-4-13(15,16)17/h1-2,7,21H,3-6H2,(H,19,20). The number of aliphatic imine (C=N–C) groups is 1. The number of hydrogen-bond acceptors (Lipinski definition) is 2. The molecule has 3 nitrogen and oxygen atoms in total. The van der Waals surface area contributed by atoms with Gasteiger partial charge in [0, 0.05) is 25.1 Å². The molecule has 0 saturated carbocycles. The van der Waals surface area contributed by atoms with Gasteiger partial charge in [0.05, 0.1) is 15.6 Å². The molecule has 0 bridgehead atoms. The highest BCUT2D eigenvalue weighted by Crippen LogP contribution is 2.44. The van der Waals surface area contributed by atoms with Gasteiger partial charge in [-0.1, -0.05) is 11.6 Å². The van der Waals surface area contributed by atoms with Gasteiger partial charge in [-0.2, -0.15) is 24.1 Å². The Labute approximate surface area is 127 Å². The topological polar surface area (TPSA) is 49.7 Å². The molecule has 1 aromatic carbocycles. The van der Waals surface area contributed by atoms with Crippen LogP contribution in [0, 0.1) is 0 Å². The van der Waals surface area contributed by atoms with E-state index in [1.165, 1.54) is 12.1 Å². The third kappa shape index (κ3) is 4.14. The zero-order chi connectivity index (χ0) is 15.6. The SMILES string of the molecule is O=C(O)c1ccc([SH]2CCN=C2CCC(F)(F)F)cc1Cl. The molecule has 21 heavy (non-hydrogen) atoms. The molecule has 1 aliphatic rings. The molecule has 1 unspecified atom stereocenters. The highest BCUT2D eigenvalue weighted by Gasteiger charge is 2.30. The fraction of sp³-hybridized carbons (Fsp3) is 0.385. The van der Waals surface area contributed by atoms with Crippen LogP contribution in [0.5, 0.6) is 0 Å². The number of alkyl halides is 3. The van der Waals surface area contributed by atoms with E-state index in [4.69, 9.17) is 16.7 Å². The van der Waals surface area contributed by atoms with Crippen molar-refractivity contribution < 1.29 is 23.1 Å².